The molecule has 7 heteroatoms. The average Bonchev–Trinajstić information content (AvgIpc) is 3.10. The second-order valence-electron chi connectivity index (χ2n) is 7.18. The Morgan fingerprint density at radius 2 is 1.74 bits per heavy atom. The molecule has 1 aromatic rings. The van der Waals surface area contributed by atoms with Crippen molar-refractivity contribution >= 4 is 17.7 Å². The van der Waals surface area contributed by atoms with Gasteiger partial charge in [-0.05, 0) is 62.8 Å². The predicted molar refractivity (Wildman–Crippen MR) is 100.0 cm³/mol. The molecule has 0 unspecified atom stereocenters. The van der Waals surface area contributed by atoms with E-state index in [9.17, 15) is 14.4 Å². The van der Waals surface area contributed by atoms with Crippen LogP contribution in [0.4, 0.5) is 0 Å². The molecule has 0 bridgehead atoms. The van der Waals surface area contributed by atoms with Gasteiger partial charge < -0.3 is 9.64 Å². The zero-order chi connectivity index (χ0) is 19.1. The van der Waals surface area contributed by atoms with Gasteiger partial charge in [-0.1, -0.05) is 6.42 Å². The molecule has 7 nitrogen and oxygen atoms in total. The summed E-state index contributed by atoms with van der Waals surface area (Å²) >= 11 is 0. The molecule has 0 radical (unpaired) electrons. The molecule has 27 heavy (non-hydrogen) atoms. The van der Waals surface area contributed by atoms with Gasteiger partial charge in [0.25, 0.3) is 11.8 Å². The van der Waals surface area contributed by atoms with Crippen molar-refractivity contribution < 1.29 is 19.1 Å². The van der Waals surface area contributed by atoms with E-state index in [0.717, 1.165) is 37.9 Å². The van der Waals surface area contributed by atoms with E-state index < -0.39 is 11.8 Å². The average molecular weight is 373 g/mol. The standard InChI is InChI=1S/C20H27N3O4/c24-18(14-23-13-5-1-2-8-19(23)25)21-22-20(26)15-9-11-17(12-10-15)27-16-6-3-4-7-16/h9-12,16H,1-8,13-14H2,(H,21,24)(H,22,26). The van der Waals surface area contributed by atoms with E-state index in [-0.39, 0.29) is 18.6 Å². The van der Waals surface area contributed by atoms with Crippen LogP contribution >= 0.6 is 0 Å². The van der Waals surface area contributed by atoms with E-state index in [2.05, 4.69) is 10.9 Å². The largest absolute Gasteiger partial charge is 0.490 e. The minimum absolute atomic E-state index is 0.00757. The molecule has 3 amide bonds. The van der Waals surface area contributed by atoms with E-state index in [1.807, 2.05) is 0 Å². The van der Waals surface area contributed by atoms with E-state index in [0.29, 0.717) is 18.5 Å². The van der Waals surface area contributed by atoms with Gasteiger partial charge in [0.1, 0.15) is 12.3 Å². The fourth-order valence-corrected chi connectivity index (χ4v) is 3.50. The predicted octanol–water partition coefficient (Wildman–Crippen LogP) is 2.17. The molecule has 2 N–H and O–H groups in total. The van der Waals surface area contributed by atoms with Gasteiger partial charge in [-0.25, -0.2) is 0 Å². The van der Waals surface area contributed by atoms with Crippen molar-refractivity contribution in [2.45, 2.75) is 57.5 Å². The number of benzene rings is 1. The maximum absolute atomic E-state index is 12.2. The van der Waals surface area contributed by atoms with Crippen molar-refractivity contribution in [2.24, 2.45) is 0 Å². The van der Waals surface area contributed by atoms with Crippen LogP contribution in [0.25, 0.3) is 0 Å². The number of likely N-dealkylation sites (tertiary alicyclic amines) is 1. The lowest BCUT2D eigenvalue weighted by Crippen LogP contribution is -2.47. The molecule has 2 fully saturated rings. The van der Waals surface area contributed by atoms with E-state index >= 15 is 0 Å². The Bertz CT molecular complexity index is 668. The molecule has 1 aliphatic carbocycles. The molecule has 1 aromatic carbocycles. The first-order chi connectivity index (χ1) is 13.1. The van der Waals surface area contributed by atoms with Crippen molar-refractivity contribution in [3.05, 3.63) is 29.8 Å². The highest BCUT2D eigenvalue weighted by Gasteiger charge is 2.20. The van der Waals surface area contributed by atoms with Gasteiger partial charge >= 0.3 is 0 Å². The first-order valence-corrected chi connectivity index (χ1v) is 9.75. The van der Waals surface area contributed by atoms with E-state index in [1.165, 1.54) is 12.8 Å². The number of hydrogen-bond acceptors (Lipinski definition) is 4. The van der Waals surface area contributed by atoms with Crippen molar-refractivity contribution in [1.29, 1.82) is 0 Å². The molecule has 0 spiro atoms. The van der Waals surface area contributed by atoms with Crippen LogP contribution in [0.15, 0.2) is 24.3 Å². The Balaban J connectivity index is 1.44. The number of rotatable bonds is 5. The Morgan fingerprint density at radius 3 is 2.48 bits per heavy atom. The number of carbonyl (C=O) groups excluding carboxylic acids is 3. The highest BCUT2D eigenvalue weighted by molar-refractivity contribution is 5.95. The number of nitrogens with zero attached hydrogens (tertiary/aromatic N) is 1. The van der Waals surface area contributed by atoms with Crippen molar-refractivity contribution in [3.63, 3.8) is 0 Å². The summed E-state index contributed by atoms with van der Waals surface area (Å²) in [6, 6.07) is 6.88. The molecular weight excluding hydrogens is 346 g/mol. The van der Waals surface area contributed by atoms with Crippen LogP contribution < -0.4 is 15.6 Å². The molecule has 0 atom stereocenters. The van der Waals surface area contributed by atoms with Gasteiger partial charge in [-0.15, -0.1) is 0 Å². The lowest BCUT2D eigenvalue weighted by molar-refractivity contribution is -0.135. The van der Waals surface area contributed by atoms with E-state index in [4.69, 9.17) is 4.74 Å². The second kappa shape index (κ2) is 9.39. The SMILES string of the molecule is O=C(CN1CCCCCC1=O)NNC(=O)c1ccc(OC2CCCC2)cc1. The molecule has 146 valence electrons. The zero-order valence-electron chi connectivity index (χ0n) is 15.5. The third-order valence-corrected chi connectivity index (χ3v) is 5.04. The van der Waals surface area contributed by atoms with Gasteiger partial charge in [-0.3, -0.25) is 25.2 Å². The normalized spacial score (nSPS) is 18.1. The highest BCUT2D eigenvalue weighted by atomic mass is 16.5. The van der Waals surface area contributed by atoms with Crippen LogP contribution in [-0.2, 0) is 9.59 Å². The van der Waals surface area contributed by atoms with Crippen LogP contribution in [0.2, 0.25) is 0 Å². The summed E-state index contributed by atoms with van der Waals surface area (Å²) in [7, 11) is 0. The quantitative estimate of drug-likeness (QED) is 0.775. The third kappa shape index (κ3) is 5.70. The van der Waals surface area contributed by atoms with E-state index in [1.54, 1.807) is 29.2 Å². The number of ether oxygens (including phenoxy) is 1. The molecular formula is C20H27N3O4. The second-order valence-corrected chi connectivity index (χ2v) is 7.18. The maximum Gasteiger partial charge on any atom is 0.269 e. The molecule has 2 aliphatic rings. The van der Waals surface area contributed by atoms with Crippen molar-refractivity contribution in [2.75, 3.05) is 13.1 Å². The molecule has 1 heterocycles. The van der Waals surface area contributed by atoms with Crippen LogP contribution in [0, 0.1) is 0 Å². The Labute approximate surface area is 159 Å². The van der Waals surface area contributed by atoms with Gasteiger partial charge in [0, 0.05) is 18.5 Å². The fraction of sp³-hybridized carbons (Fsp3) is 0.550. The van der Waals surface area contributed by atoms with Gasteiger partial charge in [0.2, 0.25) is 5.91 Å². The smallest absolute Gasteiger partial charge is 0.269 e. The van der Waals surface area contributed by atoms with Crippen LogP contribution in [0.3, 0.4) is 0 Å². The summed E-state index contributed by atoms with van der Waals surface area (Å²) < 4.78 is 5.87. The lowest BCUT2D eigenvalue weighted by Gasteiger charge is -2.19. The molecule has 1 aliphatic heterocycles. The first kappa shape index (κ1) is 19.2. The number of hydrogen-bond donors (Lipinski definition) is 2. The monoisotopic (exact) mass is 373 g/mol. The van der Waals surface area contributed by atoms with Crippen molar-refractivity contribution in [1.82, 2.24) is 15.8 Å². The fourth-order valence-electron chi connectivity index (χ4n) is 3.50. The summed E-state index contributed by atoms with van der Waals surface area (Å²) in [6.07, 6.45) is 8.08. The third-order valence-electron chi connectivity index (χ3n) is 5.04. The Hall–Kier alpha value is -2.57. The summed E-state index contributed by atoms with van der Waals surface area (Å²) in [6.45, 7) is 0.552. The Kier molecular flexibility index (Phi) is 6.68. The molecule has 3 rings (SSSR count). The minimum Gasteiger partial charge on any atom is -0.490 e. The number of amides is 3. The van der Waals surface area contributed by atoms with Gasteiger partial charge in [0.15, 0.2) is 0 Å². The van der Waals surface area contributed by atoms with Gasteiger partial charge in [0.05, 0.1) is 6.10 Å². The highest BCUT2D eigenvalue weighted by Crippen LogP contribution is 2.24. The van der Waals surface area contributed by atoms with Crippen molar-refractivity contribution in [3.8, 4) is 5.75 Å². The van der Waals surface area contributed by atoms with Crippen LogP contribution in [-0.4, -0.2) is 41.8 Å². The summed E-state index contributed by atoms with van der Waals surface area (Å²) in [5.41, 5.74) is 5.20. The number of hydrazine groups is 1. The molecule has 1 saturated heterocycles. The minimum atomic E-state index is -0.405. The zero-order valence-corrected chi connectivity index (χ0v) is 15.5. The molecule has 0 aromatic heterocycles. The lowest BCUT2D eigenvalue weighted by atomic mass is 10.2. The van der Waals surface area contributed by atoms with Crippen LogP contribution in [0.1, 0.15) is 61.7 Å². The molecule has 1 saturated carbocycles. The van der Waals surface area contributed by atoms with Gasteiger partial charge in [-0.2, -0.15) is 0 Å². The summed E-state index contributed by atoms with van der Waals surface area (Å²) in [5.74, 6) is -0.0632. The summed E-state index contributed by atoms with van der Waals surface area (Å²) in [4.78, 5) is 37.6. The summed E-state index contributed by atoms with van der Waals surface area (Å²) in [5, 5.41) is 0. The first-order valence-electron chi connectivity index (χ1n) is 9.75. The number of carbonyl (C=O) groups is 3. The maximum atomic E-state index is 12.2. The Morgan fingerprint density at radius 1 is 1.00 bits per heavy atom. The topological polar surface area (TPSA) is 87.7 Å². The van der Waals surface area contributed by atoms with Crippen LogP contribution in [0.5, 0.6) is 5.75 Å². The number of nitrogens with one attached hydrogen (secondary N) is 2.